The lowest BCUT2D eigenvalue weighted by atomic mass is 9.85. The van der Waals surface area contributed by atoms with Crippen molar-refractivity contribution in [2.24, 2.45) is 0 Å². The zero-order valence-electron chi connectivity index (χ0n) is 18.5. The van der Waals surface area contributed by atoms with Gasteiger partial charge in [-0.1, -0.05) is 6.07 Å². The molecular weight excluding hydrogens is 448 g/mol. The molecule has 1 atom stereocenters. The van der Waals surface area contributed by atoms with Crippen molar-refractivity contribution in [3.63, 3.8) is 0 Å². The monoisotopic (exact) mass is 466 g/mol. The largest absolute Gasteiger partial charge is 0.497 e. The smallest absolute Gasteiger partial charge is 0.312 e. The Bertz CT molecular complexity index is 1620. The van der Waals surface area contributed by atoms with Gasteiger partial charge in [0.1, 0.15) is 17.2 Å². The number of aromatic amines is 1. The molecule has 0 fully saturated rings. The number of carbonyl (C=O) groups excluding carboxylic acids is 2. The van der Waals surface area contributed by atoms with Crippen LogP contribution in [-0.2, 0) is 4.79 Å². The third-order valence-corrected chi connectivity index (χ3v) is 6.22. The van der Waals surface area contributed by atoms with Crippen molar-refractivity contribution >= 4 is 28.7 Å². The standard InChI is InChI=1S/C27H18N2O6/c1-33-16-5-4-15-10-19(27(32)29-20(15)11-16)18-12-23(30)34-21-7-6-17-25(31)22(35-26(17)24(18)21)9-14-3-2-8-28-13-14/h2-11,13,18H,12H2,1H3,(H,29,32)/b22-9-/t18-/m1/s1. The molecule has 2 aromatic heterocycles. The van der Waals surface area contributed by atoms with Crippen LogP contribution >= 0.6 is 0 Å². The van der Waals surface area contributed by atoms with Crippen LogP contribution in [0.15, 0.2) is 71.5 Å². The average molecular weight is 466 g/mol. The number of nitrogens with zero attached hydrogens (tertiary/aromatic N) is 1. The van der Waals surface area contributed by atoms with E-state index in [2.05, 4.69) is 9.97 Å². The van der Waals surface area contributed by atoms with Crippen molar-refractivity contribution in [2.75, 3.05) is 7.11 Å². The Balaban J connectivity index is 1.50. The molecule has 0 bridgehead atoms. The van der Waals surface area contributed by atoms with Gasteiger partial charge in [0.25, 0.3) is 5.56 Å². The van der Waals surface area contributed by atoms with Crippen LogP contribution in [0.3, 0.4) is 0 Å². The van der Waals surface area contributed by atoms with Gasteiger partial charge in [-0.3, -0.25) is 19.4 Å². The number of rotatable bonds is 3. The number of aromatic nitrogens is 2. The predicted octanol–water partition coefficient (Wildman–Crippen LogP) is 3.99. The van der Waals surface area contributed by atoms with E-state index in [1.165, 1.54) is 0 Å². The molecule has 172 valence electrons. The van der Waals surface area contributed by atoms with E-state index in [0.29, 0.717) is 39.3 Å². The molecule has 8 nitrogen and oxygen atoms in total. The van der Waals surface area contributed by atoms with Crippen LogP contribution in [0.2, 0.25) is 0 Å². The second-order valence-electron chi connectivity index (χ2n) is 8.32. The van der Waals surface area contributed by atoms with E-state index in [1.807, 2.05) is 12.1 Å². The van der Waals surface area contributed by atoms with Crippen molar-refractivity contribution < 1.29 is 23.8 Å². The van der Waals surface area contributed by atoms with Crippen LogP contribution in [0.25, 0.3) is 17.0 Å². The molecule has 0 radical (unpaired) electrons. The summed E-state index contributed by atoms with van der Waals surface area (Å²) in [5.74, 6) is -0.0818. The highest BCUT2D eigenvalue weighted by atomic mass is 16.5. The number of hydrogen-bond acceptors (Lipinski definition) is 7. The van der Waals surface area contributed by atoms with Gasteiger partial charge < -0.3 is 19.2 Å². The number of esters is 1. The molecule has 0 saturated heterocycles. The molecular formula is C27H18N2O6. The lowest BCUT2D eigenvalue weighted by Gasteiger charge is -2.26. The summed E-state index contributed by atoms with van der Waals surface area (Å²) in [6.45, 7) is 0. The summed E-state index contributed by atoms with van der Waals surface area (Å²) >= 11 is 0. The Hall–Kier alpha value is -4.72. The summed E-state index contributed by atoms with van der Waals surface area (Å²) < 4.78 is 16.7. The van der Waals surface area contributed by atoms with Crippen LogP contribution in [0.1, 0.15) is 39.4 Å². The molecule has 1 N–H and O–H groups in total. The molecule has 0 saturated carbocycles. The number of H-pyrrole nitrogens is 1. The quantitative estimate of drug-likeness (QED) is 0.276. The lowest BCUT2D eigenvalue weighted by molar-refractivity contribution is -0.135. The number of allylic oxidation sites excluding steroid dienone is 1. The maximum absolute atomic E-state index is 13.1. The van der Waals surface area contributed by atoms with Gasteiger partial charge in [-0.25, -0.2) is 0 Å². The molecule has 0 amide bonds. The number of Topliss-reactive ketones (excluding diaryl/α,β-unsaturated/α-hetero) is 1. The Morgan fingerprint density at radius 1 is 1.09 bits per heavy atom. The molecule has 8 heteroatoms. The fourth-order valence-corrected chi connectivity index (χ4v) is 4.57. The third kappa shape index (κ3) is 3.47. The molecule has 2 aliphatic heterocycles. The number of ether oxygens (including phenoxy) is 3. The molecule has 2 aliphatic rings. The summed E-state index contributed by atoms with van der Waals surface area (Å²) in [6, 6.07) is 13.8. The topological polar surface area (TPSA) is 108 Å². The van der Waals surface area contributed by atoms with Crippen LogP contribution in [0, 0.1) is 0 Å². The minimum Gasteiger partial charge on any atom is -0.497 e. The molecule has 6 rings (SSSR count). The number of methoxy groups -OCH3 is 1. The Morgan fingerprint density at radius 2 is 1.97 bits per heavy atom. The fraction of sp³-hybridized carbons (Fsp3) is 0.111. The maximum Gasteiger partial charge on any atom is 0.312 e. The van der Waals surface area contributed by atoms with Crippen molar-refractivity contribution in [3.8, 4) is 17.2 Å². The van der Waals surface area contributed by atoms with Gasteiger partial charge in [0.15, 0.2) is 5.76 Å². The Kier molecular flexibility index (Phi) is 4.74. The first-order valence-electron chi connectivity index (χ1n) is 10.9. The predicted molar refractivity (Wildman–Crippen MR) is 127 cm³/mol. The van der Waals surface area contributed by atoms with Gasteiger partial charge in [0.2, 0.25) is 5.78 Å². The van der Waals surface area contributed by atoms with Gasteiger partial charge in [-0.2, -0.15) is 0 Å². The van der Waals surface area contributed by atoms with E-state index in [4.69, 9.17) is 14.2 Å². The first-order valence-corrected chi connectivity index (χ1v) is 10.9. The lowest BCUT2D eigenvalue weighted by Crippen LogP contribution is -2.26. The molecule has 0 spiro atoms. The van der Waals surface area contributed by atoms with Gasteiger partial charge in [0, 0.05) is 35.5 Å². The second-order valence-corrected chi connectivity index (χ2v) is 8.32. The summed E-state index contributed by atoms with van der Waals surface area (Å²) in [5.41, 5.74) is 2.22. The minimum absolute atomic E-state index is 0.0621. The van der Waals surface area contributed by atoms with Crippen LogP contribution in [0.4, 0.5) is 0 Å². The zero-order valence-corrected chi connectivity index (χ0v) is 18.5. The summed E-state index contributed by atoms with van der Waals surface area (Å²) in [7, 11) is 1.55. The first kappa shape index (κ1) is 20.9. The second kappa shape index (κ2) is 7.95. The molecule has 35 heavy (non-hydrogen) atoms. The molecule has 2 aromatic carbocycles. The SMILES string of the molecule is COc1ccc2cc([C@H]3CC(=O)Oc4ccc5c(c43)O/C(=C\c3cccnc3)C5=O)c(=O)[nH]c2c1. The van der Waals surface area contributed by atoms with Crippen molar-refractivity contribution in [1.82, 2.24) is 9.97 Å². The van der Waals surface area contributed by atoms with E-state index in [9.17, 15) is 14.4 Å². The Morgan fingerprint density at radius 3 is 2.77 bits per heavy atom. The molecule has 0 aliphatic carbocycles. The molecule has 4 heterocycles. The summed E-state index contributed by atoms with van der Waals surface area (Å²) in [5, 5.41) is 0.780. The molecule has 0 unspecified atom stereocenters. The van der Waals surface area contributed by atoms with E-state index in [1.54, 1.807) is 62.0 Å². The van der Waals surface area contributed by atoms with Gasteiger partial charge in [-0.05, 0) is 53.4 Å². The zero-order chi connectivity index (χ0) is 24.1. The van der Waals surface area contributed by atoms with E-state index in [-0.39, 0.29) is 29.3 Å². The van der Waals surface area contributed by atoms with Gasteiger partial charge in [0.05, 0.1) is 24.6 Å². The first-order chi connectivity index (χ1) is 17.0. The number of nitrogens with one attached hydrogen (secondary N) is 1. The van der Waals surface area contributed by atoms with E-state index < -0.39 is 11.9 Å². The van der Waals surface area contributed by atoms with Crippen molar-refractivity contribution in [3.05, 3.63) is 99.3 Å². The fourth-order valence-electron chi connectivity index (χ4n) is 4.57. The third-order valence-electron chi connectivity index (χ3n) is 6.22. The van der Waals surface area contributed by atoms with Crippen LogP contribution < -0.4 is 19.8 Å². The normalized spacial score (nSPS) is 17.6. The number of ketones is 1. The summed E-state index contributed by atoms with van der Waals surface area (Å²) in [4.78, 5) is 45.6. The highest BCUT2D eigenvalue weighted by molar-refractivity contribution is 6.15. The highest BCUT2D eigenvalue weighted by Crippen LogP contribution is 2.48. The number of benzene rings is 2. The Labute approximate surface area is 198 Å². The highest BCUT2D eigenvalue weighted by Gasteiger charge is 2.39. The maximum atomic E-state index is 13.1. The van der Waals surface area contributed by atoms with E-state index >= 15 is 0 Å². The number of carbonyl (C=O) groups is 2. The average Bonchev–Trinajstić information content (AvgIpc) is 3.18. The van der Waals surface area contributed by atoms with Gasteiger partial charge >= 0.3 is 5.97 Å². The van der Waals surface area contributed by atoms with Crippen LogP contribution in [-0.4, -0.2) is 28.8 Å². The van der Waals surface area contributed by atoms with Crippen molar-refractivity contribution in [1.29, 1.82) is 0 Å². The minimum atomic E-state index is -0.651. The number of hydrogen-bond donors (Lipinski definition) is 1. The molecule has 4 aromatic rings. The van der Waals surface area contributed by atoms with Crippen LogP contribution in [0.5, 0.6) is 17.2 Å². The number of fused-ring (bicyclic) bond motifs is 4. The van der Waals surface area contributed by atoms with Crippen molar-refractivity contribution in [2.45, 2.75) is 12.3 Å². The number of pyridine rings is 2. The summed E-state index contributed by atoms with van der Waals surface area (Å²) in [6.07, 6.45) is 4.81. The van der Waals surface area contributed by atoms with Gasteiger partial charge in [-0.15, -0.1) is 0 Å². The van der Waals surface area contributed by atoms with E-state index in [0.717, 1.165) is 5.39 Å².